The lowest BCUT2D eigenvalue weighted by Gasteiger charge is -2.15. The zero-order valence-electron chi connectivity index (χ0n) is 28.4. The largest absolute Gasteiger partial charge is 0.480 e. The maximum absolute atomic E-state index is 11.7. The number of halogens is 2. The van der Waals surface area contributed by atoms with E-state index in [2.05, 4.69) is 46.7 Å². The molecule has 14 nitrogen and oxygen atoms in total. The van der Waals surface area contributed by atoms with Gasteiger partial charge in [0.25, 0.3) is 0 Å². The van der Waals surface area contributed by atoms with Crippen LogP contribution in [0.15, 0.2) is 64.2 Å². The zero-order chi connectivity index (χ0) is 36.8. The van der Waals surface area contributed by atoms with Gasteiger partial charge in [-0.15, -0.1) is 0 Å². The number of nitrogens with one attached hydrogen (secondary N) is 4. The Bertz CT molecular complexity index is 2060. The monoisotopic (exact) mass is 778 g/mol. The number of methoxy groups -OCH3 is 2. The van der Waals surface area contributed by atoms with Gasteiger partial charge in [0.05, 0.1) is 53.4 Å². The molecule has 0 aliphatic carbocycles. The minimum atomic E-state index is -3.21. The lowest BCUT2D eigenvalue weighted by atomic mass is 9.98. The summed E-state index contributed by atoms with van der Waals surface area (Å²) in [5, 5.41) is 7.24. The molecule has 2 aromatic carbocycles. The number of sulfonamides is 2. The second-order valence-electron chi connectivity index (χ2n) is 12.0. The van der Waals surface area contributed by atoms with E-state index in [0.29, 0.717) is 93.5 Å². The molecular weight excluding hydrogens is 739 g/mol. The van der Waals surface area contributed by atoms with Crippen LogP contribution < -0.4 is 24.8 Å². The lowest BCUT2D eigenvalue weighted by Crippen LogP contribution is -2.36. The van der Waals surface area contributed by atoms with Crippen molar-refractivity contribution in [3.8, 4) is 28.3 Å². The van der Waals surface area contributed by atoms with E-state index in [1.165, 1.54) is 14.2 Å². The molecule has 5 rings (SSSR count). The van der Waals surface area contributed by atoms with Crippen LogP contribution in [0, 0.1) is 0 Å². The van der Waals surface area contributed by atoms with Crippen molar-refractivity contribution >= 4 is 55.7 Å². The number of rotatable bonds is 15. The van der Waals surface area contributed by atoms with E-state index in [1.807, 2.05) is 36.4 Å². The summed E-state index contributed by atoms with van der Waals surface area (Å²) in [5.41, 5.74) is 4.67. The number of hydrogen-bond donors (Lipinski definition) is 4. The van der Waals surface area contributed by atoms with Crippen LogP contribution >= 0.6 is 23.2 Å². The van der Waals surface area contributed by atoms with Crippen molar-refractivity contribution in [1.29, 1.82) is 0 Å². The molecule has 2 atom stereocenters. The van der Waals surface area contributed by atoms with Crippen LogP contribution in [0.2, 0.25) is 10.0 Å². The van der Waals surface area contributed by atoms with Gasteiger partial charge in [0.15, 0.2) is 0 Å². The Morgan fingerprint density at radius 3 is 2.14 bits per heavy atom. The summed E-state index contributed by atoms with van der Waals surface area (Å²) in [6, 6.07) is 10.7. The third-order valence-electron chi connectivity index (χ3n) is 8.39. The molecule has 0 radical (unpaired) electrons. The Hall–Kier alpha value is -3.48. The second kappa shape index (κ2) is 16.9. The van der Waals surface area contributed by atoms with Crippen LogP contribution in [0.1, 0.15) is 31.0 Å². The topological polar surface area (TPSA) is 185 Å². The quantitative estimate of drug-likeness (QED) is 0.132. The van der Waals surface area contributed by atoms with Gasteiger partial charge in [0.1, 0.15) is 11.4 Å². The van der Waals surface area contributed by atoms with Crippen LogP contribution in [-0.4, -0.2) is 96.7 Å². The normalized spacial score (nSPS) is 20.2. The van der Waals surface area contributed by atoms with Gasteiger partial charge in [-0.3, -0.25) is 9.98 Å². The maximum atomic E-state index is 11.7. The molecular formula is C33H40Cl2N8O6S2. The maximum Gasteiger partial charge on any atom is 0.237 e. The van der Waals surface area contributed by atoms with Crippen LogP contribution in [0.3, 0.4) is 0 Å². The fourth-order valence-electron chi connectivity index (χ4n) is 5.76. The number of benzene rings is 2. The predicted molar refractivity (Wildman–Crippen MR) is 201 cm³/mol. The summed E-state index contributed by atoms with van der Waals surface area (Å²) in [7, 11) is -3.42. The second-order valence-corrected chi connectivity index (χ2v) is 16.5. The minimum Gasteiger partial charge on any atom is -0.480 e. The summed E-state index contributed by atoms with van der Waals surface area (Å²) in [6.07, 6.45) is 2.68. The smallest absolute Gasteiger partial charge is 0.237 e. The van der Waals surface area contributed by atoms with E-state index < -0.39 is 20.0 Å². The van der Waals surface area contributed by atoms with Crippen molar-refractivity contribution in [1.82, 2.24) is 30.0 Å². The molecule has 0 saturated carbocycles. The van der Waals surface area contributed by atoms with E-state index in [-0.39, 0.29) is 36.0 Å². The summed E-state index contributed by atoms with van der Waals surface area (Å²) < 4.78 is 63.1. The Labute approximate surface area is 308 Å². The number of nitrogens with zero attached hydrogens (tertiary/aromatic N) is 4. The highest BCUT2D eigenvalue weighted by Gasteiger charge is 2.27. The molecule has 18 heteroatoms. The summed E-state index contributed by atoms with van der Waals surface area (Å²) in [6.45, 7) is 6.91. The first-order valence-electron chi connectivity index (χ1n) is 16.0. The summed E-state index contributed by atoms with van der Waals surface area (Å²) in [5.74, 6) is 0.777. The fourth-order valence-corrected chi connectivity index (χ4v) is 9.30. The van der Waals surface area contributed by atoms with Crippen LogP contribution in [0.5, 0.6) is 5.88 Å². The molecule has 0 amide bonds. The minimum absolute atomic E-state index is 0.107. The third kappa shape index (κ3) is 9.70. The third-order valence-corrected chi connectivity index (χ3v) is 12.1. The van der Waals surface area contributed by atoms with Crippen molar-refractivity contribution in [2.45, 2.75) is 38.4 Å². The number of aromatic nitrogens is 2. The van der Waals surface area contributed by atoms with E-state index in [1.54, 1.807) is 13.1 Å². The lowest BCUT2D eigenvalue weighted by molar-refractivity contribution is 0.282. The molecule has 0 spiro atoms. The predicted octanol–water partition coefficient (Wildman–Crippen LogP) is 3.51. The molecule has 4 N–H and O–H groups in total. The highest BCUT2D eigenvalue weighted by Crippen LogP contribution is 2.40. The van der Waals surface area contributed by atoms with Crippen LogP contribution in [-0.2, 0) is 31.3 Å². The number of ether oxygens (including phenoxy) is 2. The SMILES string of the molecule is C=N/C(CNC[C@H]1CCS(=O)(=O)N1)=C(\N=C(C)c1cccc(-c2cccc(-c3cnc(CNC[C@H]4CCS(=O)(=O)N4)c(OC)n3)c2Cl)c1Cl)OC. The van der Waals surface area contributed by atoms with E-state index in [0.717, 1.165) is 0 Å². The zero-order valence-corrected chi connectivity index (χ0v) is 31.5. The van der Waals surface area contributed by atoms with Crippen LogP contribution in [0.4, 0.5) is 0 Å². The molecule has 0 bridgehead atoms. The van der Waals surface area contributed by atoms with Gasteiger partial charge in [-0.1, -0.05) is 59.6 Å². The Morgan fingerprint density at radius 2 is 1.55 bits per heavy atom. The highest BCUT2D eigenvalue weighted by atomic mass is 35.5. The Kier molecular flexibility index (Phi) is 12.8. The van der Waals surface area contributed by atoms with Crippen molar-refractivity contribution in [3.05, 3.63) is 75.5 Å². The standard InChI is InChI=1S/C33H40Cl2N8O6S2/c1-20(40-32(48-3)28(36-2)17-37-15-21-11-13-50(44,45)42-21)23-7-5-8-24(30(23)34)25-9-6-10-26(31(25)35)27-19-39-29(33(41-27)49-4)18-38-16-22-12-14-51(46,47)43-22/h5-10,19,21-22,37-38,42-43H,2,11-18H2,1,3-4H3/b32-28+,40-20?/t21-,22-/m1/s1. The average molecular weight is 780 g/mol. The molecule has 51 heavy (non-hydrogen) atoms. The first kappa shape index (κ1) is 38.7. The van der Waals surface area contributed by atoms with Crippen molar-refractivity contribution < 1.29 is 26.3 Å². The fraction of sp³-hybridized carbons (Fsp3) is 0.394. The molecule has 3 aromatic rings. The molecule has 2 saturated heterocycles. The van der Waals surface area contributed by atoms with Gasteiger partial charge < -0.3 is 20.1 Å². The molecule has 2 aliphatic heterocycles. The van der Waals surface area contributed by atoms with Crippen molar-refractivity contribution in [2.75, 3.05) is 45.4 Å². The summed E-state index contributed by atoms with van der Waals surface area (Å²) >= 11 is 14.0. The van der Waals surface area contributed by atoms with E-state index in [9.17, 15) is 16.8 Å². The highest BCUT2D eigenvalue weighted by molar-refractivity contribution is 7.90. The molecule has 2 aliphatic rings. The molecule has 2 fully saturated rings. The Morgan fingerprint density at radius 1 is 0.941 bits per heavy atom. The first-order valence-corrected chi connectivity index (χ1v) is 20.1. The van der Waals surface area contributed by atoms with Gasteiger partial charge in [-0.2, -0.15) is 0 Å². The number of aliphatic imine (C=N–C) groups is 2. The number of hydrogen-bond acceptors (Lipinski definition) is 12. The van der Waals surface area contributed by atoms with Crippen molar-refractivity contribution in [2.24, 2.45) is 9.98 Å². The summed E-state index contributed by atoms with van der Waals surface area (Å²) in [4.78, 5) is 18.0. The Balaban J connectivity index is 1.34. The average Bonchev–Trinajstić information content (AvgIpc) is 3.64. The van der Waals surface area contributed by atoms with E-state index in [4.69, 9.17) is 32.7 Å². The molecule has 274 valence electrons. The molecule has 1 aromatic heterocycles. The van der Waals surface area contributed by atoms with Gasteiger partial charge in [-0.05, 0) is 26.5 Å². The van der Waals surface area contributed by atoms with Gasteiger partial charge in [-0.25, -0.2) is 36.3 Å². The first-order chi connectivity index (χ1) is 24.3. The van der Waals surface area contributed by atoms with Gasteiger partial charge in [0, 0.05) is 60.5 Å². The molecule has 3 heterocycles. The van der Waals surface area contributed by atoms with Gasteiger partial charge in [0.2, 0.25) is 31.8 Å². The van der Waals surface area contributed by atoms with Crippen molar-refractivity contribution in [3.63, 3.8) is 0 Å². The van der Waals surface area contributed by atoms with E-state index >= 15 is 0 Å². The van der Waals surface area contributed by atoms with Crippen LogP contribution in [0.25, 0.3) is 22.4 Å². The molecule has 0 unspecified atom stereocenters. The van der Waals surface area contributed by atoms with Gasteiger partial charge >= 0.3 is 0 Å².